The van der Waals surface area contributed by atoms with Gasteiger partial charge >= 0.3 is 0 Å². The third kappa shape index (κ3) is 2.42. The second kappa shape index (κ2) is 5.64. The molecule has 2 aromatic rings. The predicted molar refractivity (Wildman–Crippen MR) is 80.2 cm³/mol. The number of rotatable bonds is 2. The fourth-order valence-electron chi connectivity index (χ4n) is 2.31. The van der Waals surface area contributed by atoms with Gasteiger partial charge in [0.2, 0.25) is 5.91 Å². The Hall–Kier alpha value is -1.85. The van der Waals surface area contributed by atoms with E-state index in [0.717, 1.165) is 22.7 Å². The number of fused-ring (bicyclic) bond motifs is 1. The highest BCUT2D eigenvalue weighted by molar-refractivity contribution is 7.10. The number of anilines is 1. The lowest BCUT2D eigenvalue weighted by molar-refractivity contribution is -0.119. The number of amides is 1. The number of carbonyl (C=O) groups excluding carboxylic acids is 1. The van der Waals surface area contributed by atoms with Crippen LogP contribution in [0.2, 0.25) is 0 Å². The molecule has 0 spiro atoms. The number of para-hydroxylation sites is 2. The first-order valence-corrected chi connectivity index (χ1v) is 7.47. The van der Waals surface area contributed by atoms with Gasteiger partial charge in [-0.15, -0.1) is 11.3 Å². The van der Waals surface area contributed by atoms with Crippen molar-refractivity contribution in [1.82, 2.24) is 0 Å². The zero-order valence-electron chi connectivity index (χ0n) is 11.0. The summed E-state index contributed by atoms with van der Waals surface area (Å²) < 4.78 is 5.67. The van der Waals surface area contributed by atoms with Gasteiger partial charge in [-0.05, 0) is 30.0 Å². The number of nitrogens with zero attached hydrogens (tertiary/aromatic N) is 1. The summed E-state index contributed by atoms with van der Waals surface area (Å²) in [6, 6.07) is 10.8. The Morgan fingerprint density at radius 3 is 2.95 bits per heavy atom. The Balaban J connectivity index is 1.91. The summed E-state index contributed by atoms with van der Waals surface area (Å²) in [5.74, 6) is 0.669. The van der Waals surface area contributed by atoms with Gasteiger partial charge in [-0.1, -0.05) is 18.2 Å². The van der Waals surface area contributed by atoms with Crippen LogP contribution in [0.25, 0.3) is 0 Å². The van der Waals surface area contributed by atoms with Crippen LogP contribution in [0.5, 0.6) is 5.75 Å². The number of nitrogens with two attached hydrogens (primary N) is 1. The van der Waals surface area contributed by atoms with Crippen molar-refractivity contribution in [3.63, 3.8) is 0 Å². The van der Waals surface area contributed by atoms with E-state index in [0.29, 0.717) is 13.2 Å². The minimum Gasteiger partial charge on any atom is -0.491 e. The number of ether oxygens (including phenoxy) is 1. The van der Waals surface area contributed by atoms with Gasteiger partial charge in [-0.3, -0.25) is 4.79 Å². The van der Waals surface area contributed by atoms with E-state index in [2.05, 4.69) is 0 Å². The Kier molecular flexibility index (Phi) is 3.71. The van der Waals surface area contributed by atoms with E-state index in [1.165, 1.54) is 11.3 Å². The molecule has 104 valence electrons. The van der Waals surface area contributed by atoms with Gasteiger partial charge in [-0.25, -0.2) is 0 Å². The molecule has 0 saturated heterocycles. The molecule has 2 N–H and O–H groups in total. The van der Waals surface area contributed by atoms with Crippen LogP contribution in [-0.4, -0.2) is 19.1 Å². The summed E-state index contributed by atoms with van der Waals surface area (Å²) in [4.78, 5) is 15.3. The molecule has 0 saturated carbocycles. The van der Waals surface area contributed by atoms with Crippen molar-refractivity contribution in [2.45, 2.75) is 12.5 Å². The van der Waals surface area contributed by atoms with Crippen LogP contribution < -0.4 is 15.4 Å². The Morgan fingerprint density at radius 2 is 2.15 bits per heavy atom. The van der Waals surface area contributed by atoms with E-state index in [-0.39, 0.29) is 5.91 Å². The average Bonchev–Trinajstić information content (AvgIpc) is 2.93. The second-order valence-electron chi connectivity index (χ2n) is 4.65. The highest BCUT2D eigenvalue weighted by Crippen LogP contribution is 2.32. The van der Waals surface area contributed by atoms with Crippen LogP contribution in [0.1, 0.15) is 17.3 Å². The van der Waals surface area contributed by atoms with Crippen LogP contribution in [0, 0.1) is 0 Å². The van der Waals surface area contributed by atoms with Crippen LogP contribution in [0.3, 0.4) is 0 Å². The fourth-order valence-corrected chi connectivity index (χ4v) is 3.03. The van der Waals surface area contributed by atoms with E-state index >= 15 is 0 Å². The van der Waals surface area contributed by atoms with Crippen LogP contribution in [-0.2, 0) is 4.79 Å². The molecule has 20 heavy (non-hydrogen) atoms. The molecular formula is C15H16N2O2S. The lowest BCUT2D eigenvalue weighted by Crippen LogP contribution is -2.38. The summed E-state index contributed by atoms with van der Waals surface area (Å²) in [6.45, 7) is 1.25. The summed E-state index contributed by atoms with van der Waals surface area (Å²) >= 11 is 1.51. The van der Waals surface area contributed by atoms with E-state index < -0.39 is 6.04 Å². The molecular weight excluding hydrogens is 272 g/mol. The molecule has 1 amide bonds. The van der Waals surface area contributed by atoms with Gasteiger partial charge in [0.1, 0.15) is 11.8 Å². The zero-order chi connectivity index (χ0) is 13.9. The molecule has 2 heterocycles. The lowest BCUT2D eigenvalue weighted by Gasteiger charge is -2.24. The van der Waals surface area contributed by atoms with Crippen molar-refractivity contribution in [3.8, 4) is 5.75 Å². The first-order chi connectivity index (χ1) is 9.77. The van der Waals surface area contributed by atoms with E-state index in [1.807, 2.05) is 41.8 Å². The predicted octanol–water partition coefficient (Wildman–Crippen LogP) is 2.56. The fraction of sp³-hybridized carbons (Fsp3) is 0.267. The summed E-state index contributed by atoms with van der Waals surface area (Å²) in [5.41, 5.74) is 6.91. The SMILES string of the molecule is NC(C(=O)N1CCCOc2ccccc21)c1cccs1. The van der Waals surface area contributed by atoms with Crippen molar-refractivity contribution in [2.75, 3.05) is 18.1 Å². The molecule has 0 bridgehead atoms. The molecule has 1 aromatic carbocycles. The van der Waals surface area contributed by atoms with E-state index in [4.69, 9.17) is 10.5 Å². The number of thiophene rings is 1. The van der Waals surface area contributed by atoms with Gasteiger partial charge in [-0.2, -0.15) is 0 Å². The standard InChI is InChI=1S/C15H16N2O2S/c16-14(13-7-3-10-20-13)15(18)17-8-4-9-19-12-6-2-1-5-11(12)17/h1-3,5-7,10,14H,4,8-9,16H2. The van der Waals surface area contributed by atoms with Gasteiger partial charge in [0, 0.05) is 11.4 Å². The summed E-state index contributed by atoms with van der Waals surface area (Å²) in [5, 5.41) is 1.93. The second-order valence-corrected chi connectivity index (χ2v) is 5.63. The normalized spacial score (nSPS) is 15.9. The third-order valence-electron chi connectivity index (χ3n) is 3.32. The number of hydrogen-bond donors (Lipinski definition) is 1. The Morgan fingerprint density at radius 1 is 1.30 bits per heavy atom. The molecule has 4 nitrogen and oxygen atoms in total. The van der Waals surface area contributed by atoms with Gasteiger partial charge in [0.25, 0.3) is 0 Å². The largest absolute Gasteiger partial charge is 0.491 e. The monoisotopic (exact) mass is 288 g/mol. The average molecular weight is 288 g/mol. The quantitative estimate of drug-likeness (QED) is 0.924. The van der Waals surface area contributed by atoms with Crippen molar-refractivity contribution < 1.29 is 9.53 Å². The molecule has 0 fully saturated rings. The molecule has 0 radical (unpaired) electrons. The smallest absolute Gasteiger partial charge is 0.249 e. The Bertz CT molecular complexity index is 598. The van der Waals surface area contributed by atoms with Gasteiger partial charge in [0.15, 0.2) is 0 Å². The maximum Gasteiger partial charge on any atom is 0.249 e. The summed E-state index contributed by atoms with van der Waals surface area (Å²) in [7, 11) is 0. The van der Waals surface area contributed by atoms with Crippen LogP contribution in [0.4, 0.5) is 5.69 Å². The first kappa shape index (κ1) is 13.1. The lowest BCUT2D eigenvalue weighted by atomic mass is 10.2. The third-order valence-corrected chi connectivity index (χ3v) is 4.28. The summed E-state index contributed by atoms with van der Waals surface area (Å²) in [6.07, 6.45) is 0.803. The molecule has 1 atom stereocenters. The number of benzene rings is 1. The molecule has 5 heteroatoms. The topological polar surface area (TPSA) is 55.6 Å². The van der Waals surface area contributed by atoms with Crippen molar-refractivity contribution in [1.29, 1.82) is 0 Å². The number of carbonyl (C=O) groups is 1. The van der Waals surface area contributed by atoms with Gasteiger partial charge < -0.3 is 15.4 Å². The highest BCUT2D eigenvalue weighted by Gasteiger charge is 2.27. The molecule has 1 aromatic heterocycles. The maximum absolute atomic E-state index is 12.7. The van der Waals surface area contributed by atoms with Crippen LogP contribution in [0.15, 0.2) is 41.8 Å². The number of hydrogen-bond acceptors (Lipinski definition) is 4. The van der Waals surface area contributed by atoms with E-state index in [1.54, 1.807) is 4.90 Å². The first-order valence-electron chi connectivity index (χ1n) is 6.59. The van der Waals surface area contributed by atoms with E-state index in [9.17, 15) is 4.79 Å². The van der Waals surface area contributed by atoms with Crippen molar-refractivity contribution in [3.05, 3.63) is 46.7 Å². The van der Waals surface area contributed by atoms with Crippen molar-refractivity contribution >= 4 is 22.9 Å². The van der Waals surface area contributed by atoms with Gasteiger partial charge in [0.05, 0.1) is 12.3 Å². The minimum atomic E-state index is -0.610. The van der Waals surface area contributed by atoms with Crippen LogP contribution >= 0.6 is 11.3 Å². The molecule has 0 aliphatic carbocycles. The highest BCUT2D eigenvalue weighted by atomic mass is 32.1. The molecule has 3 rings (SSSR count). The molecule has 1 aliphatic heterocycles. The maximum atomic E-state index is 12.7. The molecule has 1 aliphatic rings. The zero-order valence-corrected chi connectivity index (χ0v) is 11.8. The van der Waals surface area contributed by atoms with Crippen molar-refractivity contribution in [2.24, 2.45) is 5.73 Å². The molecule has 1 unspecified atom stereocenters. The Labute approximate surface area is 121 Å². The minimum absolute atomic E-state index is 0.0783.